The molecular weight excluding hydrogens is 399 g/mol. The number of anilines is 2. The van der Waals surface area contributed by atoms with Crippen LogP contribution >= 0.6 is 11.8 Å². The summed E-state index contributed by atoms with van der Waals surface area (Å²) in [5.41, 5.74) is 4.90. The molecule has 0 aliphatic carbocycles. The van der Waals surface area contributed by atoms with Gasteiger partial charge in [0.15, 0.2) is 0 Å². The van der Waals surface area contributed by atoms with Crippen molar-refractivity contribution in [2.45, 2.75) is 19.2 Å². The van der Waals surface area contributed by atoms with Crippen LogP contribution in [-0.2, 0) is 4.79 Å². The van der Waals surface area contributed by atoms with Gasteiger partial charge in [0.25, 0.3) is 5.91 Å². The van der Waals surface area contributed by atoms with Gasteiger partial charge < -0.3 is 5.32 Å². The third-order valence-electron chi connectivity index (χ3n) is 5.06. The van der Waals surface area contributed by atoms with Gasteiger partial charge in [0.1, 0.15) is 11.2 Å². The monoisotopic (exact) mass is 420 g/mol. The van der Waals surface area contributed by atoms with Crippen LogP contribution in [0, 0.1) is 19.7 Å². The summed E-state index contributed by atoms with van der Waals surface area (Å²) in [5, 5.41) is 2.67. The molecule has 0 saturated carbocycles. The highest BCUT2D eigenvalue weighted by atomic mass is 32.2. The second kappa shape index (κ2) is 8.32. The second-order valence-corrected chi connectivity index (χ2v) is 8.33. The summed E-state index contributed by atoms with van der Waals surface area (Å²) in [7, 11) is 0. The van der Waals surface area contributed by atoms with Crippen LogP contribution in [-0.4, -0.2) is 17.6 Å². The summed E-state index contributed by atoms with van der Waals surface area (Å²) < 4.78 is 13.2. The zero-order valence-corrected chi connectivity index (χ0v) is 17.5. The van der Waals surface area contributed by atoms with Gasteiger partial charge in [0, 0.05) is 22.5 Å². The van der Waals surface area contributed by atoms with Crippen molar-refractivity contribution in [3.63, 3.8) is 0 Å². The maximum absolute atomic E-state index is 13.2. The van der Waals surface area contributed by atoms with E-state index in [0.717, 1.165) is 22.4 Å². The number of aryl methyl sites for hydroxylation is 2. The fraction of sp³-hybridized carbons (Fsp3) is 0.167. The quantitative estimate of drug-likeness (QED) is 0.609. The molecule has 3 aromatic carbocycles. The topological polar surface area (TPSA) is 49.4 Å². The molecule has 0 aromatic heterocycles. The standard InChI is InChI=1S/C24H21FN2O2S/c1-15-7-12-21(16(2)13-15)27-22(28)14-30-24(27)19-5-3-4-6-20(19)26-23(29)17-8-10-18(25)11-9-17/h3-13,24H,14H2,1-2H3,(H,26,29)/t24-/m0/s1. The van der Waals surface area contributed by atoms with E-state index in [1.165, 1.54) is 36.0 Å². The third-order valence-corrected chi connectivity index (χ3v) is 6.26. The Morgan fingerprint density at radius 2 is 1.80 bits per heavy atom. The minimum Gasteiger partial charge on any atom is -0.322 e. The molecule has 1 saturated heterocycles. The molecular formula is C24H21FN2O2S. The van der Waals surface area contributed by atoms with Gasteiger partial charge >= 0.3 is 0 Å². The van der Waals surface area contributed by atoms with Crippen LogP contribution in [0.2, 0.25) is 0 Å². The molecule has 0 spiro atoms. The molecule has 0 radical (unpaired) electrons. The van der Waals surface area contributed by atoms with E-state index < -0.39 is 5.82 Å². The fourth-order valence-electron chi connectivity index (χ4n) is 3.61. The number of carbonyl (C=O) groups is 2. The van der Waals surface area contributed by atoms with Crippen molar-refractivity contribution in [3.05, 3.63) is 94.8 Å². The number of carbonyl (C=O) groups excluding carboxylic acids is 2. The lowest BCUT2D eigenvalue weighted by Crippen LogP contribution is -2.29. The first-order valence-corrected chi connectivity index (χ1v) is 10.7. The Kier molecular flexibility index (Phi) is 5.59. The summed E-state index contributed by atoms with van der Waals surface area (Å²) in [6.07, 6.45) is 0. The number of amides is 2. The number of halogens is 1. The molecule has 1 fully saturated rings. The first-order valence-electron chi connectivity index (χ1n) is 9.61. The Hall–Kier alpha value is -3.12. The van der Waals surface area contributed by atoms with Gasteiger partial charge in [0.2, 0.25) is 5.91 Å². The van der Waals surface area contributed by atoms with Gasteiger partial charge in [-0.3, -0.25) is 14.5 Å². The van der Waals surface area contributed by atoms with Crippen LogP contribution in [0.15, 0.2) is 66.7 Å². The van der Waals surface area contributed by atoms with Crippen molar-refractivity contribution in [3.8, 4) is 0 Å². The average Bonchev–Trinajstić information content (AvgIpc) is 3.10. The van der Waals surface area contributed by atoms with Gasteiger partial charge in [-0.25, -0.2) is 4.39 Å². The molecule has 6 heteroatoms. The number of hydrogen-bond donors (Lipinski definition) is 1. The number of nitrogens with zero attached hydrogens (tertiary/aromatic N) is 1. The highest BCUT2D eigenvalue weighted by Gasteiger charge is 2.36. The molecule has 4 rings (SSSR count). The Morgan fingerprint density at radius 3 is 2.53 bits per heavy atom. The first-order chi connectivity index (χ1) is 14.4. The molecule has 30 heavy (non-hydrogen) atoms. The zero-order chi connectivity index (χ0) is 21.3. The van der Waals surface area contributed by atoms with Gasteiger partial charge in [-0.1, -0.05) is 35.9 Å². The van der Waals surface area contributed by atoms with Crippen LogP contribution in [0.5, 0.6) is 0 Å². The lowest BCUT2D eigenvalue weighted by molar-refractivity contribution is -0.115. The lowest BCUT2D eigenvalue weighted by atomic mass is 10.1. The number of nitrogens with one attached hydrogen (secondary N) is 1. The van der Waals surface area contributed by atoms with E-state index >= 15 is 0 Å². The Bertz CT molecular complexity index is 1110. The predicted octanol–water partition coefficient (Wildman–Crippen LogP) is 5.47. The molecule has 4 nitrogen and oxygen atoms in total. The number of thioether (sulfide) groups is 1. The predicted molar refractivity (Wildman–Crippen MR) is 119 cm³/mol. The minimum atomic E-state index is -0.392. The van der Waals surface area contributed by atoms with E-state index in [2.05, 4.69) is 11.4 Å². The van der Waals surface area contributed by atoms with E-state index in [4.69, 9.17) is 0 Å². The summed E-state index contributed by atoms with van der Waals surface area (Å²) >= 11 is 1.53. The molecule has 1 aliphatic heterocycles. The van der Waals surface area contributed by atoms with Gasteiger partial charge in [-0.05, 0) is 55.8 Å². The van der Waals surface area contributed by atoms with Crippen LogP contribution in [0.25, 0.3) is 0 Å². The number of benzene rings is 3. The number of rotatable bonds is 4. The normalized spacial score (nSPS) is 16.0. The van der Waals surface area contributed by atoms with Gasteiger partial charge in [-0.15, -0.1) is 11.8 Å². The van der Waals surface area contributed by atoms with Crippen LogP contribution < -0.4 is 10.2 Å². The minimum absolute atomic E-state index is 0.0385. The molecule has 1 aliphatic rings. The van der Waals surface area contributed by atoms with Crippen molar-refractivity contribution in [1.82, 2.24) is 0 Å². The molecule has 1 heterocycles. The van der Waals surface area contributed by atoms with Gasteiger partial charge in [0.05, 0.1) is 5.75 Å². The molecule has 0 unspecified atom stereocenters. The van der Waals surface area contributed by atoms with Gasteiger partial charge in [-0.2, -0.15) is 0 Å². The van der Waals surface area contributed by atoms with E-state index in [1.54, 1.807) is 0 Å². The zero-order valence-electron chi connectivity index (χ0n) is 16.7. The van der Waals surface area contributed by atoms with E-state index in [0.29, 0.717) is 17.0 Å². The largest absolute Gasteiger partial charge is 0.322 e. The highest BCUT2D eigenvalue weighted by Crippen LogP contribution is 2.45. The molecule has 1 atom stereocenters. The van der Waals surface area contributed by atoms with E-state index in [9.17, 15) is 14.0 Å². The van der Waals surface area contributed by atoms with Crippen molar-refractivity contribution >= 4 is 35.0 Å². The van der Waals surface area contributed by atoms with Crippen LogP contribution in [0.4, 0.5) is 15.8 Å². The summed E-state index contributed by atoms with van der Waals surface area (Å²) in [6, 6.07) is 18.9. The van der Waals surface area contributed by atoms with Crippen molar-refractivity contribution in [2.75, 3.05) is 16.0 Å². The molecule has 152 valence electrons. The maximum atomic E-state index is 13.2. The Morgan fingerprint density at radius 1 is 1.07 bits per heavy atom. The van der Waals surface area contributed by atoms with Crippen molar-refractivity contribution in [2.24, 2.45) is 0 Å². The first kappa shape index (κ1) is 20.2. The maximum Gasteiger partial charge on any atom is 0.255 e. The van der Waals surface area contributed by atoms with E-state index in [1.807, 2.05) is 55.1 Å². The van der Waals surface area contributed by atoms with Crippen LogP contribution in [0.1, 0.15) is 32.4 Å². The molecule has 3 aromatic rings. The summed E-state index contributed by atoms with van der Waals surface area (Å²) in [6.45, 7) is 4.02. The van der Waals surface area contributed by atoms with Crippen molar-refractivity contribution in [1.29, 1.82) is 0 Å². The van der Waals surface area contributed by atoms with Crippen molar-refractivity contribution < 1.29 is 14.0 Å². The Labute approximate surface area is 179 Å². The van der Waals surface area contributed by atoms with Crippen LogP contribution in [0.3, 0.4) is 0 Å². The average molecular weight is 421 g/mol. The molecule has 0 bridgehead atoms. The lowest BCUT2D eigenvalue weighted by Gasteiger charge is -2.27. The molecule has 1 N–H and O–H groups in total. The smallest absolute Gasteiger partial charge is 0.255 e. The Balaban J connectivity index is 1.67. The fourth-order valence-corrected chi connectivity index (χ4v) is 4.82. The number of para-hydroxylation sites is 1. The summed E-state index contributed by atoms with van der Waals surface area (Å²) in [4.78, 5) is 27.3. The second-order valence-electron chi connectivity index (χ2n) is 7.27. The van der Waals surface area contributed by atoms with E-state index in [-0.39, 0.29) is 17.2 Å². The molecule has 2 amide bonds. The highest BCUT2D eigenvalue weighted by molar-refractivity contribution is 8.00. The summed E-state index contributed by atoms with van der Waals surface area (Å²) in [5.74, 6) is -0.304. The SMILES string of the molecule is Cc1ccc(N2C(=O)CS[C@H]2c2ccccc2NC(=O)c2ccc(F)cc2)c(C)c1. The number of hydrogen-bond acceptors (Lipinski definition) is 3. The third kappa shape index (κ3) is 3.96.